The molecule has 1 saturated heterocycles. The fraction of sp³-hybridized carbons (Fsp3) is 0.500. The Hall–Kier alpha value is -1.67. The molecule has 0 aromatic carbocycles. The summed E-state index contributed by atoms with van der Waals surface area (Å²) in [5.41, 5.74) is 0.517. The van der Waals surface area contributed by atoms with Crippen molar-refractivity contribution in [1.29, 1.82) is 5.26 Å². The maximum absolute atomic E-state index is 8.82. The molecule has 78 valence electrons. The van der Waals surface area contributed by atoms with Crippen molar-refractivity contribution < 1.29 is 4.74 Å². The maximum atomic E-state index is 8.82. The monoisotopic (exact) mass is 204 g/mol. The molecule has 1 aliphatic rings. The quantitative estimate of drug-likeness (QED) is 0.793. The lowest BCUT2D eigenvalue weighted by atomic mass is 10.2. The molecule has 0 radical (unpaired) electrons. The Kier molecular flexibility index (Phi) is 3.10. The summed E-state index contributed by atoms with van der Waals surface area (Å²) in [5.74, 6) is 0.538. The summed E-state index contributed by atoms with van der Waals surface area (Å²) < 4.78 is 5.45. The third-order valence-corrected chi connectivity index (χ3v) is 2.36. The minimum atomic E-state index is 0.235. The van der Waals surface area contributed by atoms with Gasteiger partial charge in [-0.25, -0.2) is 0 Å². The van der Waals surface area contributed by atoms with Crippen molar-refractivity contribution in [2.45, 2.75) is 18.9 Å². The van der Waals surface area contributed by atoms with E-state index in [1.54, 1.807) is 6.07 Å². The van der Waals surface area contributed by atoms with E-state index < -0.39 is 0 Å². The van der Waals surface area contributed by atoms with Crippen LogP contribution in [0.3, 0.4) is 0 Å². The predicted octanol–water partition coefficient (Wildman–Crippen LogP) is 0.939. The molecule has 1 unspecified atom stereocenters. The van der Waals surface area contributed by atoms with E-state index in [-0.39, 0.29) is 6.10 Å². The summed E-state index contributed by atoms with van der Waals surface area (Å²) in [4.78, 5) is 0. The standard InChI is InChI=1S/C10H12N4O/c11-6-8-3-4-13-14-10(8)12-7-9-2-1-5-15-9/h3-4,9H,1-2,5,7H2,(H,12,14). The summed E-state index contributed by atoms with van der Waals surface area (Å²) in [7, 11) is 0. The van der Waals surface area contributed by atoms with Gasteiger partial charge in [0.1, 0.15) is 6.07 Å². The summed E-state index contributed by atoms with van der Waals surface area (Å²) in [6.45, 7) is 1.52. The lowest BCUT2D eigenvalue weighted by Gasteiger charge is -2.11. The zero-order chi connectivity index (χ0) is 10.5. The van der Waals surface area contributed by atoms with Gasteiger partial charge in [-0.1, -0.05) is 0 Å². The number of anilines is 1. The Morgan fingerprint density at radius 1 is 1.67 bits per heavy atom. The molecule has 0 spiro atoms. The Balaban J connectivity index is 1.95. The van der Waals surface area contributed by atoms with Crippen LogP contribution < -0.4 is 5.32 Å². The van der Waals surface area contributed by atoms with Crippen molar-refractivity contribution in [2.75, 3.05) is 18.5 Å². The van der Waals surface area contributed by atoms with E-state index in [0.29, 0.717) is 17.9 Å². The van der Waals surface area contributed by atoms with Crippen LogP contribution in [-0.4, -0.2) is 29.5 Å². The van der Waals surface area contributed by atoms with Crippen molar-refractivity contribution in [1.82, 2.24) is 10.2 Å². The van der Waals surface area contributed by atoms with Gasteiger partial charge in [-0.3, -0.25) is 0 Å². The number of nitriles is 1. The number of hydrogen-bond donors (Lipinski definition) is 1. The first-order valence-corrected chi connectivity index (χ1v) is 4.97. The minimum absolute atomic E-state index is 0.235. The number of aromatic nitrogens is 2. The Morgan fingerprint density at radius 3 is 3.33 bits per heavy atom. The smallest absolute Gasteiger partial charge is 0.166 e. The Labute approximate surface area is 88.1 Å². The van der Waals surface area contributed by atoms with Crippen molar-refractivity contribution in [3.05, 3.63) is 17.8 Å². The summed E-state index contributed by atoms with van der Waals surface area (Å²) in [6, 6.07) is 3.71. The number of ether oxygens (including phenoxy) is 1. The molecule has 1 aromatic heterocycles. The van der Waals surface area contributed by atoms with Gasteiger partial charge in [-0.05, 0) is 18.9 Å². The third kappa shape index (κ3) is 2.42. The molecule has 0 saturated carbocycles. The van der Waals surface area contributed by atoms with E-state index in [4.69, 9.17) is 10.00 Å². The summed E-state index contributed by atoms with van der Waals surface area (Å²) in [5, 5.41) is 19.5. The van der Waals surface area contributed by atoms with E-state index >= 15 is 0 Å². The van der Waals surface area contributed by atoms with Gasteiger partial charge in [0, 0.05) is 13.2 Å². The normalized spacial score (nSPS) is 19.8. The molecule has 1 fully saturated rings. The van der Waals surface area contributed by atoms with Crippen LogP contribution in [0.4, 0.5) is 5.82 Å². The molecule has 5 heteroatoms. The van der Waals surface area contributed by atoms with Crippen LogP contribution in [0.1, 0.15) is 18.4 Å². The molecule has 1 N–H and O–H groups in total. The minimum Gasteiger partial charge on any atom is -0.376 e. The molecule has 1 aromatic rings. The van der Waals surface area contributed by atoms with Crippen molar-refractivity contribution in [3.63, 3.8) is 0 Å². The van der Waals surface area contributed by atoms with Crippen LogP contribution >= 0.6 is 0 Å². The zero-order valence-corrected chi connectivity index (χ0v) is 8.31. The second-order valence-corrected chi connectivity index (χ2v) is 3.42. The molecule has 0 amide bonds. The first kappa shape index (κ1) is 9.87. The van der Waals surface area contributed by atoms with E-state index in [1.807, 2.05) is 0 Å². The summed E-state index contributed by atoms with van der Waals surface area (Å²) in [6.07, 6.45) is 3.92. The molecular formula is C10H12N4O. The van der Waals surface area contributed by atoms with Gasteiger partial charge in [0.25, 0.3) is 0 Å². The van der Waals surface area contributed by atoms with Crippen LogP contribution in [0.15, 0.2) is 12.3 Å². The highest BCUT2D eigenvalue weighted by atomic mass is 16.5. The van der Waals surface area contributed by atoms with Crippen LogP contribution in [-0.2, 0) is 4.74 Å². The molecule has 0 aliphatic carbocycles. The molecule has 1 atom stereocenters. The number of rotatable bonds is 3. The van der Waals surface area contributed by atoms with Gasteiger partial charge >= 0.3 is 0 Å². The van der Waals surface area contributed by atoms with Gasteiger partial charge < -0.3 is 10.1 Å². The maximum Gasteiger partial charge on any atom is 0.166 e. The van der Waals surface area contributed by atoms with Gasteiger partial charge in [0.15, 0.2) is 5.82 Å². The summed E-state index contributed by atoms with van der Waals surface area (Å²) >= 11 is 0. The molecule has 1 aliphatic heterocycles. The van der Waals surface area contributed by atoms with E-state index in [2.05, 4.69) is 21.6 Å². The van der Waals surface area contributed by atoms with Crippen molar-refractivity contribution >= 4 is 5.82 Å². The van der Waals surface area contributed by atoms with Gasteiger partial charge in [-0.2, -0.15) is 10.4 Å². The van der Waals surface area contributed by atoms with Crippen LogP contribution in [0.25, 0.3) is 0 Å². The highest BCUT2D eigenvalue weighted by molar-refractivity contribution is 5.50. The number of hydrogen-bond acceptors (Lipinski definition) is 5. The highest BCUT2D eigenvalue weighted by Crippen LogP contribution is 2.14. The van der Waals surface area contributed by atoms with E-state index in [1.165, 1.54) is 6.20 Å². The van der Waals surface area contributed by atoms with Crippen molar-refractivity contribution in [3.8, 4) is 6.07 Å². The van der Waals surface area contributed by atoms with Gasteiger partial charge in [0.05, 0.1) is 17.9 Å². The van der Waals surface area contributed by atoms with Crippen LogP contribution in [0.2, 0.25) is 0 Å². The highest BCUT2D eigenvalue weighted by Gasteiger charge is 2.15. The molecule has 5 nitrogen and oxygen atoms in total. The SMILES string of the molecule is N#Cc1ccnnc1NCC1CCCO1. The number of nitrogens with zero attached hydrogens (tertiary/aromatic N) is 3. The fourth-order valence-electron chi connectivity index (χ4n) is 1.57. The fourth-order valence-corrected chi connectivity index (χ4v) is 1.57. The number of nitrogens with one attached hydrogen (secondary N) is 1. The third-order valence-electron chi connectivity index (χ3n) is 2.36. The molecular weight excluding hydrogens is 192 g/mol. The van der Waals surface area contributed by atoms with E-state index in [9.17, 15) is 0 Å². The average Bonchev–Trinajstić information content (AvgIpc) is 2.79. The first-order chi connectivity index (χ1) is 7.40. The Morgan fingerprint density at radius 2 is 2.60 bits per heavy atom. The molecule has 2 rings (SSSR count). The zero-order valence-electron chi connectivity index (χ0n) is 8.31. The molecule has 0 bridgehead atoms. The van der Waals surface area contributed by atoms with Gasteiger partial charge in [-0.15, -0.1) is 5.10 Å². The van der Waals surface area contributed by atoms with Gasteiger partial charge in [0.2, 0.25) is 0 Å². The largest absolute Gasteiger partial charge is 0.376 e. The van der Waals surface area contributed by atoms with Crippen LogP contribution in [0, 0.1) is 11.3 Å². The first-order valence-electron chi connectivity index (χ1n) is 4.97. The van der Waals surface area contributed by atoms with E-state index in [0.717, 1.165) is 19.4 Å². The predicted molar refractivity (Wildman–Crippen MR) is 54.2 cm³/mol. The lowest BCUT2D eigenvalue weighted by Crippen LogP contribution is -2.19. The lowest BCUT2D eigenvalue weighted by molar-refractivity contribution is 0.120. The second-order valence-electron chi connectivity index (χ2n) is 3.42. The molecule has 2 heterocycles. The molecule has 15 heavy (non-hydrogen) atoms. The topological polar surface area (TPSA) is 70.8 Å². The van der Waals surface area contributed by atoms with Crippen molar-refractivity contribution in [2.24, 2.45) is 0 Å². The second kappa shape index (κ2) is 4.71. The van der Waals surface area contributed by atoms with Crippen LogP contribution in [0.5, 0.6) is 0 Å². The average molecular weight is 204 g/mol. The Bertz CT molecular complexity index is 368.